The van der Waals surface area contributed by atoms with E-state index >= 15 is 0 Å². The van der Waals surface area contributed by atoms with Crippen LogP contribution in [-0.2, 0) is 6.54 Å². The van der Waals surface area contributed by atoms with Crippen LogP contribution in [0.15, 0.2) is 83.3 Å². The highest BCUT2D eigenvalue weighted by molar-refractivity contribution is 9.10. The summed E-state index contributed by atoms with van der Waals surface area (Å²) in [5.74, 6) is 0.884. The number of aromatic nitrogens is 2. The molecule has 0 aliphatic carbocycles. The van der Waals surface area contributed by atoms with Crippen molar-refractivity contribution in [3.63, 3.8) is 0 Å². The van der Waals surface area contributed by atoms with E-state index in [0.717, 1.165) is 21.3 Å². The van der Waals surface area contributed by atoms with Gasteiger partial charge in [-0.05, 0) is 60.3 Å². The summed E-state index contributed by atoms with van der Waals surface area (Å²) in [6, 6.07) is 25.9. The number of fused-ring (bicyclic) bond motifs is 1. The zero-order valence-corrected chi connectivity index (χ0v) is 22.2. The molecule has 3 aromatic carbocycles. The first-order chi connectivity index (χ1) is 16.8. The zero-order chi connectivity index (χ0) is 25.0. The third-order valence-electron chi connectivity index (χ3n) is 6.20. The summed E-state index contributed by atoms with van der Waals surface area (Å²) in [6.45, 7) is 8.28. The van der Waals surface area contributed by atoms with Gasteiger partial charge in [0.1, 0.15) is 5.82 Å². The molecule has 4 rings (SSSR count). The maximum Gasteiger partial charge on any atom is 0.254 e. The summed E-state index contributed by atoms with van der Waals surface area (Å²) in [6.07, 6.45) is 0.716. The molecule has 6 heteroatoms. The van der Waals surface area contributed by atoms with Gasteiger partial charge in [0.25, 0.3) is 5.91 Å². The van der Waals surface area contributed by atoms with Gasteiger partial charge in [0.15, 0.2) is 0 Å². The summed E-state index contributed by atoms with van der Waals surface area (Å²) >= 11 is 3.48. The van der Waals surface area contributed by atoms with Crippen molar-refractivity contribution in [2.24, 2.45) is 11.1 Å². The van der Waals surface area contributed by atoms with Gasteiger partial charge in [0.2, 0.25) is 0 Å². The van der Waals surface area contributed by atoms with Crippen LogP contribution in [0.5, 0.6) is 0 Å². The molecular weight excluding hydrogens is 500 g/mol. The molecular formula is C29H33BrN4O. The van der Waals surface area contributed by atoms with Crippen LogP contribution in [-0.4, -0.2) is 33.4 Å². The minimum absolute atomic E-state index is 0.0100. The molecule has 1 amide bonds. The molecule has 0 aliphatic heterocycles. The second-order valence-corrected chi connectivity index (χ2v) is 10.9. The molecule has 0 fully saturated rings. The van der Waals surface area contributed by atoms with Crippen LogP contribution in [0, 0.1) is 5.41 Å². The number of nitrogens with two attached hydrogens (primary N) is 1. The van der Waals surface area contributed by atoms with Crippen molar-refractivity contribution >= 4 is 32.9 Å². The van der Waals surface area contributed by atoms with Crippen molar-refractivity contribution in [1.82, 2.24) is 14.5 Å². The largest absolute Gasteiger partial charge is 0.330 e. The van der Waals surface area contributed by atoms with Crippen LogP contribution in [0.1, 0.15) is 55.0 Å². The van der Waals surface area contributed by atoms with Crippen LogP contribution >= 0.6 is 15.9 Å². The molecule has 1 aromatic heterocycles. The highest BCUT2D eigenvalue weighted by atomic mass is 79.9. The minimum atomic E-state index is -0.268. The number of carbonyl (C=O) groups is 1. The van der Waals surface area contributed by atoms with E-state index in [9.17, 15) is 4.79 Å². The summed E-state index contributed by atoms with van der Waals surface area (Å²) in [5, 5.41) is 0. The number of para-hydroxylation sites is 2. The molecule has 0 saturated carbocycles. The van der Waals surface area contributed by atoms with Gasteiger partial charge in [0, 0.05) is 23.1 Å². The van der Waals surface area contributed by atoms with E-state index in [1.165, 1.54) is 5.56 Å². The standard InChI is InChI=1S/C29H33BrN4O/c1-29(2,3)26(33(19-9-18-31)28(35)22-14-16-23(30)17-15-22)27-32-24-12-7-8-13-25(24)34(27)20-21-10-5-4-6-11-21/h4-8,10-17,26H,9,18-20,31H2,1-3H3. The van der Waals surface area contributed by atoms with Crippen LogP contribution < -0.4 is 5.73 Å². The van der Waals surface area contributed by atoms with Gasteiger partial charge in [-0.15, -0.1) is 0 Å². The molecule has 1 unspecified atom stereocenters. The predicted octanol–water partition coefficient (Wildman–Crippen LogP) is 6.43. The van der Waals surface area contributed by atoms with Gasteiger partial charge in [-0.25, -0.2) is 4.98 Å². The van der Waals surface area contributed by atoms with Gasteiger partial charge in [-0.3, -0.25) is 4.79 Å². The molecule has 0 radical (unpaired) electrons. The Hall–Kier alpha value is -2.96. The lowest BCUT2D eigenvalue weighted by Gasteiger charge is -2.40. The molecule has 0 saturated heterocycles. The van der Waals surface area contributed by atoms with Gasteiger partial charge in [-0.1, -0.05) is 79.2 Å². The Morgan fingerprint density at radius 3 is 2.31 bits per heavy atom. The SMILES string of the molecule is CC(C)(C)C(c1nc2ccccc2n1Cc1ccccc1)N(CCCN)C(=O)c1ccc(Br)cc1. The number of halogens is 1. The fraction of sp³-hybridized carbons (Fsp3) is 0.310. The zero-order valence-electron chi connectivity index (χ0n) is 20.6. The molecule has 4 aromatic rings. The van der Waals surface area contributed by atoms with Crippen LogP contribution in [0.3, 0.4) is 0 Å². The van der Waals surface area contributed by atoms with E-state index < -0.39 is 0 Å². The Bertz CT molecular complexity index is 1280. The normalized spacial score (nSPS) is 12.6. The summed E-state index contributed by atoms with van der Waals surface area (Å²) in [5.41, 5.74) is 9.49. The molecule has 1 atom stereocenters. The summed E-state index contributed by atoms with van der Waals surface area (Å²) < 4.78 is 3.21. The molecule has 0 spiro atoms. The Morgan fingerprint density at radius 1 is 1.00 bits per heavy atom. The third kappa shape index (κ3) is 5.65. The van der Waals surface area contributed by atoms with Crippen LogP contribution in [0.4, 0.5) is 0 Å². The lowest BCUT2D eigenvalue weighted by atomic mass is 9.84. The number of rotatable bonds is 8. The number of hydrogen-bond acceptors (Lipinski definition) is 3. The van der Waals surface area contributed by atoms with Crippen molar-refractivity contribution in [3.05, 3.63) is 100 Å². The quantitative estimate of drug-likeness (QED) is 0.284. The molecule has 1 heterocycles. The summed E-state index contributed by atoms with van der Waals surface area (Å²) in [4.78, 5) is 21.0. The van der Waals surface area contributed by atoms with Crippen molar-refractivity contribution in [2.75, 3.05) is 13.1 Å². The van der Waals surface area contributed by atoms with Gasteiger partial charge < -0.3 is 15.2 Å². The highest BCUT2D eigenvalue weighted by Crippen LogP contribution is 2.40. The second-order valence-electron chi connectivity index (χ2n) is 9.95. The lowest BCUT2D eigenvalue weighted by Crippen LogP contribution is -2.43. The number of nitrogens with zero attached hydrogens (tertiary/aromatic N) is 3. The van der Waals surface area contributed by atoms with Crippen LogP contribution in [0.25, 0.3) is 11.0 Å². The maximum absolute atomic E-state index is 13.9. The number of benzene rings is 3. The average Bonchev–Trinajstić information content (AvgIpc) is 3.19. The number of carbonyl (C=O) groups excluding carboxylic acids is 1. The number of amides is 1. The molecule has 5 nitrogen and oxygen atoms in total. The highest BCUT2D eigenvalue weighted by Gasteiger charge is 2.38. The van der Waals surface area contributed by atoms with Crippen molar-refractivity contribution in [2.45, 2.75) is 39.8 Å². The second kappa shape index (κ2) is 10.8. The number of imidazole rings is 1. The molecule has 0 bridgehead atoms. The Morgan fingerprint density at radius 2 is 1.66 bits per heavy atom. The first-order valence-corrected chi connectivity index (χ1v) is 12.8. The van der Waals surface area contributed by atoms with E-state index in [0.29, 0.717) is 31.6 Å². The molecule has 0 aliphatic rings. The first-order valence-electron chi connectivity index (χ1n) is 12.1. The molecule has 2 N–H and O–H groups in total. The van der Waals surface area contributed by atoms with Crippen molar-refractivity contribution in [3.8, 4) is 0 Å². The van der Waals surface area contributed by atoms with E-state index in [2.05, 4.69) is 71.6 Å². The summed E-state index contributed by atoms with van der Waals surface area (Å²) in [7, 11) is 0. The fourth-order valence-corrected chi connectivity index (χ4v) is 4.86. The minimum Gasteiger partial charge on any atom is -0.330 e. The van der Waals surface area contributed by atoms with Crippen molar-refractivity contribution in [1.29, 1.82) is 0 Å². The third-order valence-corrected chi connectivity index (χ3v) is 6.73. The number of hydrogen-bond donors (Lipinski definition) is 1. The van der Waals surface area contributed by atoms with E-state index in [4.69, 9.17) is 10.7 Å². The predicted molar refractivity (Wildman–Crippen MR) is 146 cm³/mol. The average molecular weight is 534 g/mol. The fourth-order valence-electron chi connectivity index (χ4n) is 4.60. The monoisotopic (exact) mass is 532 g/mol. The topological polar surface area (TPSA) is 64.2 Å². The smallest absolute Gasteiger partial charge is 0.254 e. The van der Waals surface area contributed by atoms with Crippen LogP contribution in [0.2, 0.25) is 0 Å². The van der Waals surface area contributed by atoms with Gasteiger partial charge >= 0.3 is 0 Å². The molecule has 35 heavy (non-hydrogen) atoms. The van der Waals surface area contributed by atoms with E-state index in [-0.39, 0.29) is 17.4 Å². The Balaban J connectivity index is 1.88. The van der Waals surface area contributed by atoms with Gasteiger partial charge in [0.05, 0.1) is 17.1 Å². The van der Waals surface area contributed by atoms with E-state index in [1.54, 1.807) is 0 Å². The van der Waals surface area contributed by atoms with Crippen molar-refractivity contribution < 1.29 is 4.79 Å². The Labute approximate surface area is 216 Å². The maximum atomic E-state index is 13.9. The lowest BCUT2D eigenvalue weighted by molar-refractivity contribution is 0.0483. The molecule has 182 valence electrons. The van der Waals surface area contributed by atoms with E-state index in [1.807, 2.05) is 53.4 Å². The van der Waals surface area contributed by atoms with Gasteiger partial charge in [-0.2, -0.15) is 0 Å². The Kier molecular flexibility index (Phi) is 7.72. The first kappa shape index (κ1) is 25.1.